The summed E-state index contributed by atoms with van der Waals surface area (Å²) >= 11 is 0. The maximum absolute atomic E-state index is 12.1. The van der Waals surface area contributed by atoms with Crippen LogP contribution in [0.3, 0.4) is 0 Å². The molecular formula is C16H22N2O3. The third-order valence-corrected chi connectivity index (χ3v) is 4.10. The van der Waals surface area contributed by atoms with Crippen LogP contribution in [0.25, 0.3) is 0 Å². The number of benzene rings is 1. The second-order valence-corrected chi connectivity index (χ2v) is 5.80. The highest BCUT2D eigenvalue weighted by atomic mass is 16.7. The number of ether oxygens (including phenoxy) is 2. The second kappa shape index (κ2) is 6.13. The van der Waals surface area contributed by atoms with Gasteiger partial charge in [-0.15, -0.1) is 0 Å². The lowest BCUT2D eigenvalue weighted by molar-refractivity contribution is -0.185. The molecule has 5 nitrogen and oxygen atoms in total. The minimum Gasteiger partial charge on any atom is -0.347 e. The number of likely N-dealkylation sites (tertiary alicyclic amines) is 1. The molecule has 1 spiro atoms. The summed E-state index contributed by atoms with van der Waals surface area (Å²) in [5.41, 5.74) is 2.00. The van der Waals surface area contributed by atoms with Gasteiger partial charge in [-0.1, -0.05) is 12.1 Å². The highest BCUT2D eigenvalue weighted by molar-refractivity contribution is 5.92. The fourth-order valence-corrected chi connectivity index (χ4v) is 2.96. The van der Waals surface area contributed by atoms with Crippen molar-refractivity contribution in [3.63, 3.8) is 0 Å². The molecule has 3 rings (SSSR count). The Kier molecular flexibility index (Phi) is 4.24. The molecule has 0 aliphatic carbocycles. The van der Waals surface area contributed by atoms with E-state index in [-0.39, 0.29) is 11.7 Å². The molecule has 2 aliphatic rings. The van der Waals surface area contributed by atoms with E-state index in [0.29, 0.717) is 19.8 Å². The van der Waals surface area contributed by atoms with Gasteiger partial charge in [-0.25, -0.2) is 0 Å². The van der Waals surface area contributed by atoms with Gasteiger partial charge in [-0.05, 0) is 24.6 Å². The van der Waals surface area contributed by atoms with E-state index >= 15 is 0 Å². The largest absolute Gasteiger partial charge is 0.347 e. The summed E-state index contributed by atoms with van der Waals surface area (Å²) in [7, 11) is 0. The van der Waals surface area contributed by atoms with Gasteiger partial charge < -0.3 is 14.8 Å². The number of anilines is 1. The van der Waals surface area contributed by atoms with Crippen LogP contribution in [0.1, 0.15) is 18.4 Å². The zero-order chi connectivity index (χ0) is 14.7. The van der Waals surface area contributed by atoms with E-state index in [0.717, 1.165) is 37.2 Å². The third kappa shape index (κ3) is 3.61. The van der Waals surface area contributed by atoms with E-state index in [1.807, 2.05) is 31.2 Å². The first kappa shape index (κ1) is 14.5. The van der Waals surface area contributed by atoms with Gasteiger partial charge >= 0.3 is 0 Å². The molecule has 2 fully saturated rings. The molecule has 1 aromatic carbocycles. The molecule has 2 aliphatic heterocycles. The number of nitrogens with zero attached hydrogens (tertiary/aromatic N) is 1. The molecule has 1 N–H and O–H groups in total. The number of hydrogen-bond donors (Lipinski definition) is 1. The maximum atomic E-state index is 12.1. The summed E-state index contributed by atoms with van der Waals surface area (Å²) in [5.74, 6) is -0.339. The Balaban J connectivity index is 1.47. The van der Waals surface area contributed by atoms with Gasteiger partial charge in [0, 0.05) is 31.6 Å². The third-order valence-electron chi connectivity index (χ3n) is 4.10. The molecule has 1 aromatic rings. The number of carbonyl (C=O) groups excluding carboxylic acids is 1. The molecule has 0 aromatic heterocycles. The second-order valence-electron chi connectivity index (χ2n) is 5.80. The van der Waals surface area contributed by atoms with Crippen molar-refractivity contribution in [3.8, 4) is 0 Å². The molecule has 1 amide bonds. The summed E-state index contributed by atoms with van der Waals surface area (Å²) in [5, 5.41) is 2.95. The summed E-state index contributed by atoms with van der Waals surface area (Å²) in [6.45, 7) is 5.48. The topological polar surface area (TPSA) is 50.8 Å². The van der Waals surface area contributed by atoms with E-state index in [4.69, 9.17) is 9.47 Å². The Morgan fingerprint density at radius 3 is 2.67 bits per heavy atom. The highest BCUT2D eigenvalue weighted by Gasteiger charge is 2.39. The fraction of sp³-hybridized carbons (Fsp3) is 0.562. The van der Waals surface area contributed by atoms with E-state index in [9.17, 15) is 4.79 Å². The first-order valence-corrected chi connectivity index (χ1v) is 7.52. The van der Waals surface area contributed by atoms with Gasteiger partial charge in [0.2, 0.25) is 5.91 Å². The van der Waals surface area contributed by atoms with Crippen LogP contribution in [0.15, 0.2) is 24.3 Å². The van der Waals surface area contributed by atoms with Crippen molar-refractivity contribution >= 4 is 11.6 Å². The zero-order valence-corrected chi connectivity index (χ0v) is 12.4. The molecule has 2 saturated heterocycles. The Morgan fingerprint density at radius 2 is 2.00 bits per heavy atom. The van der Waals surface area contributed by atoms with Crippen LogP contribution in [0.5, 0.6) is 0 Å². The molecule has 5 heteroatoms. The first-order chi connectivity index (χ1) is 10.2. The van der Waals surface area contributed by atoms with Gasteiger partial charge in [0.25, 0.3) is 0 Å². The Morgan fingerprint density at radius 1 is 1.29 bits per heavy atom. The van der Waals surface area contributed by atoms with Crippen LogP contribution >= 0.6 is 0 Å². The van der Waals surface area contributed by atoms with Gasteiger partial charge in [-0.2, -0.15) is 0 Å². The smallest absolute Gasteiger partial charge is 0.238 e. The zero-order valence-electron chi connectivity index (χ0n) is 12.4. The van der Waals surface area contributed by atoms with E-state index in [1.54, 1.807) is 0 Å². The summed E-state index contributed by atoms with van der Waals surface area (Å²) < 4.78 is 11.4. The number of carbonyl (C=O) groups is 1. The average molecular weight is 290 g/mol. The molecule has 21 heavy (non-hydrogen) atoms. The Bertz CT molecular complexity index is 502. The van der Waals surface area contributed by atoms with Crippen molar-refractivity contribution in [1.29, 1.82) is 0 Å². The van der Waals surface area contributed by atoms with Crippen LogP contribution in [-0.4, -0.2) is 49.4 Å². The van der Waals surface area contributed by atoms with Crippen molar-refractivity contribution in [2.45, 2.75) is 25.6 Å². The van der Waals surface area contributed by atoms with Crippen molar-refractivity contribution in [2.75, 3.05) is 38.2 Å². The SMILES string of the molecule is Cc1cccc(NC(=O)CN2CCC3(CC2)OCCO3)c1. The standard InChI is InChI=1S/C16H22N2O3/c1-13-3-2-4-14(11-13)17-15(19)12-18-7-5-16(6-8-18)20-9-10-21-16/h2-4,11H,5-10,12H2,1H3,(H,17,19). The molecular weight excluding hydrogens is 268 g/mol. The summed E-state index contributed by atoms with van der Waals surface area (Å²) in [6, 6.07) is 7.85. The lowest BCUT2D eigenvalue weighted by atomic mass is 10.0. The molecule has 2 heterocycles. The number of hydrogen-bond acceptors (Lipinski definition) is 4. The normalized spacial score (nSPS) is 21.6. The molecule has 0 atom stereocenters. The quantitative estimate of drug-likeness (QED) is 0.922. The summed E-state index contributed by atoms with van der Waals surface area (Å²) in [6.07, 6.45) is 1.68. The predicted octanol–water partition coefficient (Wildman–Crippen LogP) is 1.77. The highest BCUT2D eigenvalue weighted by Crippen LogP contribution is 2.31. The van der Waals surface area contributed by atoms with Crippen LogP contribution in [0.2, 0.25) is 0 Å². The maximum Gasteiger partial charge on any atom is 0.238 e. The first-order valence-electron chi connectivity index (χ1n) is 7.52. The van der Waals surface area contributed by atoms with Crippen molar-refractivity contribution in [1.82, 2.24) is 4.90 Å². The molecule has 114 valence electrons. The van der Waals surface area contributed by atoms with Crippen molar-refractivity contribution in [2.24, 2.45) is 0 Å². The minimum absolute atomic E-state index is 0.0322. The number of amides is 1. The van der Waals surface area contributed by atoms with Crippen molar-refractivity contribution in [3.05, 3.63) is 29.8 Å². The van der Waals surface area contributed by atoms with E-state index in [2.05, 4.69) is 10.2 Å². The molecule has 0 unspecified atom stereocenters. The van der Waals surface area contributed by atoms with Crippen LogP contribution in [-0.2, 0) is 14.3 Å². The fourth-order valence-electron chi connectivity index (χ4n) is 2.96. The molecule has 0 radical (unpaired) electrons. The van der Waals surface area contributed by atoms with Gasteiger partial charge in [0.05, 0.1) is 19.8 Å². The van der Waals surface area contributed by atoms with Gasteiger partial charge in [0.1, 0.15) is 0 Å². The Hall–Kier alpha value is -1.43. The van der Waals surface area contributed by atoms with E-state index in [1.165, 1.54) is 0 Å². The predicted molar refractivity (Wildman–Crippen MR) is 80.1 cm³/mol. The molecule has 0 saturated carbocycles. The Labute approximate surface area is 125 Å². The van der Waals surface area contributed by atoms with Crippen LogP contribution in [0.4, 0.5) is 5.69 Å². The summed E-state index contributed by atoms with van der Waals surface area (Å²) in [4.78, 5) is 14.2. The number of rotatable bonds is 3. The van der Waals surface area contributed by atoms with Gasteiger partial charge in [0.15, 0.2) is 5.79 Å². The minimum atomic E-state index is -0.372. The van der Waals surface area contributed by atoms with Crippen LogP contribution in [0, 0.1) is 6.92 Å². The number of nitrogens with one attached hydrogen (secondary N) is 1. The molecule has 0 bridgehead atoms. The van der Waals surface area contributed by atoms with Crippen molar-refractivity contribution < 1.29 is 14.3 Å². The number of piperidine rings is 1. The van der Waals surface area contributed by atoms with Gasteiger partial charge in [-0.3, -0.25) is 9.69 Å². The van der Waals surface area contributed by atoms with Crippen LogP contribution < -0.4 is 5.32 Å². The monoisotopic (exact) mass is 290 g/mol. The lowest BCUT2D eigenvalue weighted by Gasteiger charge is -2.37. The average Bonchev–Trinajstić information content (AvgIpc) is 2.90. The number of aryl methyl sites for hydroxylation is 1. The lowest BCUT2D eigenvalue weighted by Crippen LogP contribution is -2.47. The van der Waals surface area contributed by atoms with E-state index < -0.39 is 0 Å².